The molecule has 3 atom stereocenters. The van der Waals surface area contributed by atoms with Gasteiger partial charge in [-0.1, -0.05) is 12.1 Å². The molecule has 0 aromatic heterocycles. The predicted molar refractivity (Wildman–Crippen MR) is 88.7 cm³/mol. The van der Waals surface area contributed by atoms with E-state index < -0.39 is 45.6 Å². The van der Waals surface area contributed by atoms with E-state index in [-0.39, 0.29) is 18.6 Å². The lowest BCUT2D eigenvalue weighted by atomic mass is 9.96. The van der Waals surface area contributed by atoms with Crippen LogP contribution in [0.2, 0.25) is 0 Å². The Labute approximate surface area is 144 Å². The van der Waals surface area contributed by atoms with Crippen LogP contribution in [-0.4, -0.2) is 22.0 Å². The Morgan fingerprint density at radius 1 is 1.33 bits per heavy atom. The molecule has 1 aromatic carbocycles. The molecule has 0 amide bonds. The average molecular weight is 363 g/mol. The molecule has 0 bridgehead atoms. The summed E-state index contributed by atoms with van der Waals surface area (Å²) in [7, 11) is 0. The Bertz CT molecular complexity index is 571. The molecule has 1 saturated heterocycles. The van der Waals surface area contributed by atoms with Crippen LogP contribution in [0.4, 0.5) is 13.2 Å². The number of nitrogens with one attached hydrogen (secondary N) is 1. The van der Waals surface area contributed by atoms with Crippen molar-refractivity contribution < 1.29 is 22.5 Å². The van der Waals surface area contributed by atoms with Crippen molar-refractivity contribution in [3.05, 3.63) is 35.1 Å². The number of halogens is 3. The lowest BCUT2D eigenvalue weighted by Gasteiger charge is -2.28. The van der Waals surface area contributed by atoms with E-state index >= 15 is 0 Å². The van der Waals surface area contributed by atoms with Gasteiger partial charge < -0.3 is 9.29 Å². The first-order valence-corrected chi connectivity index (χ1v) is 9.16. The first-order valence-electron chi connectivity index (χ1n) is 8.01. The van der Waals surface area contributed by atoms with Gasteiger partial charge in [0, 0.05) is 23.5 Å². The first kappa shape index (κ1) is 19.6. The normalized spacial score (nSPS) is 21.8. The zero-order valence-corrected chi connectivity index (χ0v) is 15.2. The molecule has 1 N–H and O–H groups in total. The van der Waals surface area contributed by atoms with Crippen LogP contribution in [0.25, 0.3) is 0 Å². The van der Waals surface area contributed by atoms with Gasteiger partial charge in [-0.15, -0.1) is 4.72 Å². The van der Waals surface area contributed by atoms with Crippen molar-refractivity contribution in [1.29, 1.82) is 0 Å². The van der Waals surface area contributed by atoms with Crippen LogP contribution in [0.5, 0.6) is 0 Å². The smallest absolute Gasteiger partial charge is 0.301 e. The fourth-order valence-corrected chi connectivity index (χ4v) is 3.38. The maximum Gasteiger partial charge on any atom is 0.301 e. The quantitative estimate of drug-likeness (QED) is 0.797. The molecule has 0 aliphatic carbocycles. The standard InChI is InChI=1S/C17H24F3NO2S/c1-11(21-24(22)16(2,3)4)12-7-5-8-13(15(12)18)17(19,20)14-9-6-10-23-14/h5,7-8,11,14,21H,6,9-10H2,1-4H3/t11-,14-,24-/m1/s1. The summed E-state index contributed by atoms with van der Waals surface area (Å²) in [6.45, 7) is 7.21. The molecule has 1 aromatic rings. The molecule has 136 valence electrons. The summed E-state index contributed by atoms with van der Waals surface area (Å²) in [5, 5.41) is 0. The molecule has 0 radical (unpaired) electrons. The van der Waals surface area contributed by atoms with Gasteiger partial charge in [0.05, 0.1) is 11.6 Å². The molecule has 1 fully saturated rings. The number of rotatable bonds is 5. The van der Waals surface area contributed by atoms with E-state index in [4.69, 9.17) is 4.74 Å². The molecule has 24 heavy (non-hydrogen) atoms. The number of alkyl halides is 2. The van der Waals surface area contributed by atoms with E-state index in [2.05, 4.69) is 4.72 Å². The van der Waals surface area contributed by atoms with Gasteiger partial charge in [0.1, 0.15) is 16.7 Å². The summed E-state index contributed by atoms with van der Waals surface area (Å²) < 4.78 is 63.3. The van der Waals surface area contributed by atoms with Crippen LogP contribution in [0, 0.1) is 5.82 Å². The maximum atomic E-state index is 14.7. The number of benzene rings is 1. The third-order valence-corrected chi connectivity index (χ3v) is 5.71. The van der Waals surface area contributed by atoms with Crippen LogP contribution in [-0.2, 0) is 22.0 Å². The van der Waals surface area contributed by atoms with Gasteiger partial charge in [0.15, 0.2) is 0 Å². The fraction of sp³-hybridized carbons (Fsp3) is 0.647. The highest BCUT2D eigenvalue weighted by Gasteiger charge is 2.46. The zero-order valence-electron chi connectivity index (χ0n) is 14.4. The van der Waals surface area contributed by atoms with Crippen molar-refractivity contribution in [2.24, 2.45) is 0 Å². The largest absolute Gasteiger partial charge is 0.598 e. The van der Waals surface area contributed by atoms with Crippen LogP contribution in [0.3, 0.4) is 0 Å². The molecule has 1 heterocycles. The number of ether oxygens (including phenoxy) is 1. The highest BCUT2D eigenvalue weighted by Crippen LogP contribution is 2.40. The Morgan fingerprint density at radius 3 is 2.54 bits per heavy atom. The minimum atomic E-state index is -3.39. The van der Waals surface area contributed by atoms with E-state index in [1.54, 1.807) is 27.7 Å². The zero-order chi connectivity index (χ0) is 18.1. The second kappa shape index (κ2) is 7.23. The predicted octanol–water partition coefficient (Wildman–Crippen LogP) is 4.21. The Kier molecular flexibility index (Phi) is 5.90. The lowest BCUT2D eigenvalue weighted by Crippen LogP contribution is -2.41. The maximum absolute atomic E-state index is 14.7. The first-order chi connectivity index (χ1) is 11.0. The van der Waals surface area contributed by atoms with E-state index in [9.17, 15) is 17.7 Å². The molecule has 1 aliphatic rings. The topological polar surface area (TPSA) is 44.3 Å². The Balaban J connectivity index is 2.27. The monoisotopic (exact) mass is 363 g/mol. The van der Waals surface area contributed by atoms with E-state index in [1.165, 1.54) is 12.1 Å². The summed E-state index contributed by atoms with van der Waals surface area (Å²) in [5.41, 5.74) is -0.593. The summed E-state index contributed by atoms with van der Waals surface area (Å²) in [6, 6.07) is 3.26. The van der Waals surface area contributed by atoms with Gasteiger partial charge in [-0.25, -0.2) is 4.39 Å². The number of hydrogen-bond donors (Lipinski definition) is 1. The lowest BCUT2D eigenvalue weighted by molar-refractivity contribution is -0.124. The average Bonchev–Trinajstić information content (AvgIpc) is 3.01. The van der Waals surface area contributed by atoms with Gasteiger partial charge >= 0.3 is 5.92 Å². The third kappa shape index (κ3) is 4.07. The Morgan fingerprint density at radius 2 is 2.00 bits per heavy atom. The molecule has 1 aliphatic heterocycles. The van der Waals surface area contributed by atoms with Crippen molar-refractivity contribution in [3.63, 3.8) is 0 Å². The van der Waals surface area contributed by atoms with E-state index in [0.29, 0.717) is 6.42 Å². The molecule has 0 unspecified atom stereocenters. The molecule has 7 heteroatoms. The van der Waals surface area contributed by atoms with Gasteiger partial charge in [0.2, 0.25) is 0 Å². The summed E-state index contributed by atoms with van der Waals surface area (Å²) >= 11 is -1.43. The minimum absolute atomic E-state index is 0.0720. The van der Waals surface area contributed by atoms with Crippen LogP contribution in [0.15, 0.2) is 18.2 Å². The fourth-order valence-electron chi connectivity index (χ4n) is 2.58. The van der Waals surface area contributed by atoms with E-state index in [0.717, 1.165) is 6.07 Å². The van der Waals surface area contributed by atoms with Crippen LogP contribution >= 0.6 is 0 Å². The van der Waals surface area contributed by atoms with Crippen LogP contribution < -0.4 is 4.72 Å². The Hall–Kier alpha value is -0.760. The van der Waals surface area contributed by atoms with Crippen molar-refractivity contribution >= 4 is 11.4 Å². The highest BCUT2D eigenvalue weighted by atomic mass is 32.2. The van der Waals surface area contributed by atoms with Gasteiger partial charge in [-0.2, -0.15) is 8.78 Å². The van der Waals surface area contributed by atoms with E-state index in [1.807, 2.05) is 0 Å². The highest BCUT2D eigenvalue weighted by molar-refractivity contribution is 7.90. The van der Waals surface area contributed by atoms with Crippen molar-refractivity contribution in [2.75, 3.05) is 6.61 Å². The van der Waals surface area contributed by atoms with Gasteiger partial charge in [-0.05, 0) is 46.6 Å². The summed E-state index contributed by atoms with van der Waals surface area (Å²) in [6.07, 6.45) is -0.544. The van der Waals surface area contributed by atoms with Crippen molar-refractivity contribution in [1.82, 2.24) is 4.72 Å². The summed E-state index contributed by atoms with van der Waals surface area (Å²) in [5.74, 6) is -4.36. The SMILES string of the molecule is C[C@@H](N[S@+]([O-])C(C)(C)C)c1cccc(C(F)(F)[C@H]2CCCO2)c1F. The molecular formula is C17H24F3NO2S. The molecular weight excluding hydrogens is 339 g/mol. The van der Waals surface area contributed by atoms with Crippen LogP contribution in [0.1, 0.15) is 57.7 Å². The third-order valence-electron chi connectivity index (χ3n) is 4.03. The molecule has 2 rings (SSSR count). The molecule has 0 spiro atoms. The second-order valence-electron chi connectivity index (χ2n) is 7.05. The molecule has 0 saturated carbocycles. The van der Waals surface area contributed by atoms with Crippen molar-refractivity contribution in [2.45, 2.75) is 63.4 Å². The number of hydrogen-bond acceptors (Lipinski definition) is 3. The van der Waals surface area contributed by atoms with Gasteiger partial charge in [0.25, 0.3) is 0 Å². The van der Waals surface area contributed by atoms with Crippen molar-refractivity contribution in [3.8, 4) is 0 Å². The molecule has 3 nitrogen and oxygen atoms in total. The minimum Gasteiger partial charge on any atom is -0.598 e. The second-order valence-corrected chi connectivity index (χ2v) is 9.05. The summed E-state index contributed by atoms with van der Waals surface area (Å²) in [4.78, 5) is 0. The van der Waals surface area contributed by atoms with Gasteiger partial charge in [-0.3, -0.25) is 0 Å².